The van der Waals surface area contributed by atoms with E-state index in [1.807, 2.05) is 0 Å². The Bertz CT molecular complexity index is 645. The van der Waals surface area contributed by atoms with E-state index in [2.05, 4.69) is 66.0 Å². The van der Waals surface area contributed by atoms with Crippen LogP contribution in [0.15, 0.2) is 42.3 Å². The van der Waals surface area contributed by atoms with E-state index < -0.39 is 22.8 Å². The molecule has 2 aliphatic carbocycles. The van der Waals surface area contributed by atoms with Gasteiger partial charge in [-0.25, -0.2) is 0 Å². The summed E-state index contributed by atoms with van der Waals surface area (Å²) < 4.78 is 4.44. The Morgan fingerprint density at radius 2 is 1.43 bits per heavy atom. The zero-order valence-corrected chi connectivity index (χ0v) is 17.6. The molecule has 0 aromatic carbocycles. The van der Waals surface area contributed by atoms with Gasteiger partial charge in [-0.05, 0) is 0 Å². The minimum absolute atomic E-state index is 0.296. The molecule has 21 heavy (non-hydrogen) atoms. The zero-order valence-electron chi connectivity index (χ0n) is 15.2. The zero-order chi connectivity index (χ0) is 16.1. The maximum absolute atomic E-state index is 2.66. The molecule has 0 saturated carbocycles. The molecule has 0 saturated heterocycles. The summed E-state index contributed by atoms with van der Waals surface area (Å²) in [6.45, 7) is 21.1. The van der Waals surface area contributed by atoms with E-state index in [-0.39, 0.29) is 0 Å². The molecule has 0 aliphatic heterocycles. The molecule has 0 nitrogen and oxygen atoms in total. The van der Waals surface area contributed by atoms with Gasteiger partial charge in [0.05, 0.1) is 0 Å². The van der Waals surface area contributed by atoms with Gasteiger partial charge in [0.2, 0.25) is 0 Å². The van der Waals surface area contributed by atoms with Crippen molar-refractivity contribution in [2.24, 2.45) is 11.3 Å². The summed E-state index contributed by atoms with van der Waals surface area (Å²) in [5.74, 6) is 0.631. The van der Waals surface area contributed by atoms with Crippen LogP contribution in [-0.2, 0) is 22.8 Å². The molecule has 1 heteroatoms. The Morgan fingerprint density at radius 3 is 1.81 bits per heavy atom. The quantitative estimate of drug-likeness (QED) is 0.581. The van der Waals surface area contributed by atoms with Gasteiger partial charge in [0.25, 0.3) is 0 Å². The number of hydrogen-bond acceptors (Lipinski definition) is 0. The van der Waals surface area contributed by atoms with Crippen molar-refractivity contribution < 1.29 is 22.8 Å². The SMILES string of the molecule is CC1=C(C)C(C)C(/[CH]=[Zr]/[C]2=C(C)C(C)=C(C)C2(C)C)=C1C. The van der Waals surface area contributed by atoms with Crippen LogP contribution in [0.3, 0.4) is 0 Å². The predicted octanol–water partition coefficient (Wildman–Crippen LogP) is 5.82. The van der Waals surface area contributed by atoms with Crippen molar-refractivity contribution in [3.8, 4) is 0 Å². The summed E-state index contributed by atoms with van der Waals surface area (Å²) in [7, 11) is 0. The van der Waals surface area contributed by atoms with Crippen LogP contribution in [0.5, 0.6) is 0 Å². The van der Waals surface area contributed by atoms with Crippen LogP contribution in [0.2, 0.25) is 0 Å². The third-order valence-electron chi connectivity index (χ3n) is 6.14. The predicted molar refractivity (Wildman–Crippen MR) is 91.2 cm³/mol. The number of allylic oxidation sites excluding steroid dienone is 8. The van der Waals surface area contributed by atoms with Crippen molar-refractivity contribution in [1.82, 2.24) is 0 Å². The molecule has 113 valence electrons. The van der Waals surface area contributed by atoms with Gasteiger partial charge in [-0.3, -0.25) is 0 Å². The molecule has 0 radical (unpaired) electrons. The first kappa shape index (κ1) is 17.1. The standard InChI is InChI=1S/C10H15.C10H14.Zr/c1-7-6-10(4,5)9(3)8(7)2;1-6-7(2)9(4)10(5)8(6)3;/h1-5H3;1,7H,2-5H3;. The Balaban J connectivity index is 2.38. The fourth-order valence-corrected chi connectivity index (χ4v) is 7.89. The summed E-state index contributed by atoms with van der Waals surface area (Å²) in [6, 6.07) is 0. The van der Waals surface area contributed by atoms with E-state index in [1.54, 1.807) is 31.1 Å². The van der Waals surface area contributed by atoms with E-state index in [4.69, 9.17) is 0 Å². The Labute approximate surface area is 142 Å². The average molecular weight is 361 g/mol. The van der Waals surface area contributed by atoms with E-state index in [9.17, 15) is 0 Å². The van der Waals surface area contributed by atoms with E-state index in [1.165, 1.54) is 11.1 Å². The third-order valence-corrected chi connectivity index (χ3v) is 10.4. The molecule has 0 N–H and O–H groups in total. The van der Waals surface area contributed by atoms with E-state index >= 15 is 0 Å². The van der Waals surface area contributed by atoms with Crippen LogP contribution in [0.4, 0.5) is 0 Å². The first-order chi connectivity index (χ1) is 9.60. The number of hydrogen-bond donors (Lipinski definition) is 0. The second-order valence-electron chi connectivity index (χ2n) is 7.27. The Morgan fingerprint density at radius 1 is 0.857 bits per heavy atom. The molecule has 0 fully saturated rings. The van der Waals surface area contributed by atoms with Gasteiger partial charge in [0.1, 0.15) is 0 Å². The minimum atomic E-state index is -0.657. The molecular formula is C20H29Zr. The Kier molecular flexibility index (Phi) is 4.66. The van der Waals surface area contributed by atoms with Crippen LogP contribution in [0, 0.1) is 11.3 Å². The summed E-state index contributed by atoms with van der Waals surface area (Å²) in [4.78, 5) is 0. The van der Waals surface area contributed by atoms with Gasteiger partial charge in [-0.15, -0.1) is 0 Å². The van der Waals surface area contributed by atoms with Crippen molar-refractivity contribution in [3.05, 3.63) is 42.3 Å². The van der Waals surface area contributed by atoms with Crippen molar-refractivity contribution >= 4 is 3.71 Å². The van der Waals surface area contributed by atoms with Gasteiger partial charge >= 0.3 is 142 Å². The molecule has 2 rings (SSSR count). The third kappa shape index (κ3) is 2.61. The molecule has 2 aliphatic rings. The second-order valence-corrected chi connectivity index (χ2v) is 9.92. The molecule has 0 spiro atoms. The van der Waals surface area contributed by atoms with Crippen LogP contribution in [0.1, 0.15) is 62.3 Å². The van der Waals surface area contributed by atoms with Crippen molar-refractivity contribution in [3.63, 3.8) is 0 Å². The maximum atomic E-state index is 2.66. The molecular weight excluding hydrogens is 331 g/mol. The first-order valence-corrected chi connectivity index (χ1v) is 10.6. The first-order valence-electron chi connectivity index (χ1n) is 7.98. The van der Waals surface area contributed by atoms with Crippen molar-refractivity contribution in [2.45, 2.75) is 62.3 Å². The fraction of sp³-hybridized carbons (Fsp3) is 0.550. The fourth-order valence-electron chi connectivity index (χ4n) is 3.66. The summed E-state index contributed by atoms with van der Waals surface area (Å²) in [5, 5.41) is 0. The molecule has 0 bridgehead atoms. The van der Waals surface area contributed by atoms with Crippen LogP contribution < -0.4 is 0 Å². The van der Waals surface area contributed by atoms with Gasteiger partial charge in [-0.1, -0.05) is 0 Å². The van der Waals surface area contributed by atoms with Crippen molar-refractivity contribution in [1.29, 1.82) is 0 Å². The number of rotatable bonds is 2. The summed E-state index contributed by atoms with van der Waals surface area (Å²) in [5.41, 5.74) is 11.3. The van der Waals surface area contributed by atoms with Crippen LogP contribution in [-0.4, -0.2) is 3.71 Å². The van der Waals surface area contributed by atoms with Crippen LogP contribution in [0.25, 0.3) is 0 Å². The van der Waals surface area contributed by atoms with Gasteiger partial charge in [-0.2, -0.15) is 0 Å². The van der Waals surface area contributed by atoms with Gasteiger partial charge in [0, 0.05) is 0 Å². The molecule has 0 aromatic rings. The molecule has 1 unspecified atom stereocenters. The molecule has 0 aromatic heterocycles. The van der Waals surface area contributed by atoms with Crippen molar-refractivity contribution in [2.75, 3.05) is 0 Å². The summed E-state index contributed by atoms with van der Waals surface area (Å²) in [6.07, 6.45) is 0. The van der Waals surface area contributed by atoms with E-state index in [0.29, 0.717) is 11.3 Å². The van der Waals surface area contributed by atoms with Gasteiger partial charge in [0.15, 0.2) is 0 Å². The van der Waals surface area contributed by atoms with Crippen LogP contribution >= 0.6 is 0 Å². The second kappa shape index (κ2) is 5.73. The average Bonchev–Trinajstić information content (AvgIpc) is 2.70. The monoisotopic (exact) mass is 359 g/mol. The molecule has 0 amide bonds. The topological polar surface area (TPSA) is 0 Å². The molecule has 1 atom stereocenters. The van der Waals surface area contributed by atoms with Gasteiger partial charge < -0.3 is 0 Å². The van der Waals surface area contributed by atoms with E-state index in [0.717, 1.165) is 0 Å². The summed E-state index contributed by atoms with van der Waals surface area (Å²) >= 11 is -0.657. The normalized spacial score (nSPS) is 25.9. The molecule has 0 heterocycles. The Hall–Kier alpha value is -0.287.